The van der Waals surface area contributed by atoms with Crippen LogP contribution >= 0.6 is 0 Å². The standard InChI is InChI=1S/C16H13N3O3.C10H12O4/c1-22-16(21)19-15-17-12-8-7-11(9-13(12)18-15)14(20)10-5-3-2-4-6-10;1-3-14-10(13)9-6(2)4-7(11)5-8(9)12/h2-9H,1H3,(H2,17,18,19,21);4-5,11-12H,3H2,1-2H3. The third-order valence-corrected chi connectivity index (χ3v) is 4.96. The number of carbonyl (C=O) groups excluding carboxylic acids is 3. The minimum absolute atomic E-state index is 0.0698. The number of esters is 1. The van der Waals surface area contributed by atoms with Crippen molar-refractivity contribution in [2.24, 2.45) is 0 Å². The van der Waals surface area contributed by atoms with Crippen LogP contribution in [0.2, 0.25) is 0 Å². The smallest absolute Gasteiger partial charge is 0.413 e. The number of methoxy groups -OCH3 is 1. The van der Waals surface area contributed by atoms with Crippen molar-refractivity contribution in [3.8, 4) is 11.5 Å². The van der Waals surface area contributed by atoms with Crippen LogP contribution in [0.3, 0.4) is 0 Å². The van der Waals surface area contributed by atoms with Crippen LogP contribution < -0.4 is 5.32 Å². The number of nitrogens with one attached hydrogen (secondary N) is 2. The molecule has 0 saturated heterocycles. The van der Waals surface area contributed by atoms with Gasteiger partial charge < -0.3 is 24.7 Å². The molecule has 0 unspecified atom stereocenters. The van der Waals surface area contributed by atoms with E-state index < -0.39 is 12.1 Å². The molecule has 4 N–H and O–H groups in total. The molecule has 4 aromatic rings. The number of aromatic hydroxyl groups is 2. The van der Waals surface area contributed by atoms with E-state index in [0.717, 1.165) is 6.07 Å². The van der Waals surface area contributed by atoms with Crippen molar-refractivity contribution in [3.63, 3.8) is 0 Å². The van der Waals surface area contributed by atoms with Crippen LogP contribution in [-0.4, -0.2) is 51.7 Å². The van der Waals surface area contributed by atoms with Gasteiger partial charge in [-0.1, -0.05) is 30.3 Å². The van der Waals surface area contributed by atoms with E-state index in [1.165, 1.54) is 13.2 Å². The van der Waals surface area contributed by atoms with Crippen molar-refractivity contribution in [1.29, 1.82) is 0 Å². The summed E-state index contributed by atoms with van der Waals surface area (Å²) in [6.45, 7) is 3.55. The fourth-order valence-corrected chi connectivity index (χ4v) is 3.33. The molecule has 1 amide bonds. The highest BCUT2D eigenvalue weighted by atomic mass is 16.5. The number of ketones is 1. The number of nitrogens with zero attached hydrogens (tertiary/aromatic N) is 1. The maximum Gasteiger partial charge on any atom is 0.413 e. The van der Waals surface area contributed by atoms with E-state index in [-0.39, 0.29) is 35.4 Å². The number of rotatable bonds is 5. The normalized spacial score (nSPS) is 10.2. The number of amides is 1. The number of carbonyl (C=O) groups is 3. The van der Waals surface area contributed by atoms with E-state index in [4.69, 9.17) is 9.84 Å². The highest BCUT2D eigenvalue weighted by Crippen LogP contribution is 2.27. The number of aryl methyl sites for hydroxylation is 1. The Bertz CT molecular complexity index is 1370. The first-order valence-electron chi connectivity index (χ1n) is 10.9. The predicted octanol–water partition coefficient (Wildman–Crippen LogP) is 4.56. The Morgan fingerprint density at radius 1 is 1.00 bits per heavy atom. The number of aromatic amines is 1. The quantitative estimate of drug-likeness (QED) is 0.234. The molecular weight excluding hydrogens is 466 g/mol. The van der Waals surface area contributed by atoms with Crippen LogP contribution in [0.25, 0.3) is 11.0 Å². The zero-order valence-corrected chi connectivity index (χ0v) is 19.9. The third-order valence-electron chi connectivity index (χ3n) is 4.96. The van der Waals surface area contributed by atoms with Gasteiger partial charge in [-0.15, -0.1) is 0 Å². The minimum Gasteiger partial charge on any atom is -0.508 e. The number of aromatic nitrogens is 2. The molecule has 36 heavy (non-hydrogen) atoms. The molecule has 0 radical (unpaired) electrons. The largest absolute Gasteiger partial charge is 0.508 e. The maximum atomic E-state index is 12.4. The van der Waals surface area contributed by atoms with Gasteiger partial charge in [0.05, 0.1) is 24.8 Å². The Balaban J connectivity index is 0.000000223. The second-order valence-electron chi connectivity index (χ2n) is 7.51. The molecule has 0 aliphatic rings. The highest BCUT2D eigenvalue weighted by molar-refractivity contribution is 6.10. The van der Waals surface area contributed by atoms with Crippen LogP contribution in [0.5, 0.6) is 11.5 Å². The predicted molar refractivity (Wildman–Crippen MR) is 132 cm³/mol. The molecule has 3 aromatic carbocycles. The summed E-state index contributed by atoms with van der Waals surface area (Å²) in [4.78, 5) is 42.0. The number of hydrogen-bond acceptors (Lipinski definition) is 8. The molecule has 0 aliphatic heterocycles. The molecule has 4 rings (SSSR count). The topological polar surface area (TPSA) is 151 Å². The van der Waals surface area contributed by atoms with Gasteiger partial charge in [-0.3, -0.25) is 10.1 Å². The first-order valence-corrected chi connectivity index (χ1v) is 10.9. The minimum atomic E-state index is -0.611. The van der Waals surface area contributed by atoms with E-state index in [1.54, 1.807) is 44.2 Å². The van der Waals surface area contributed by atoms with Gasteiger partial charge in [-0.25, -0.2) is 14.6 Å². The van der Waals surface area contributed by atoms with Gasteiger partial charge in [0.1, 0.15) is 17.1 Å². The molecule has 0 aliphatic carbocycles. The van der Waals surface area contributed by atoms with E-state index >= 15 is 0 Å². The summed E-state index contributed by atoms with van der Waals surface area (Å²) < 4.78 is 9.25. The summed E-state index contributed by atoms with van der Waals surface area (Å²) >= 11 is 0. The van der Waals surface area contributed by atoms with Gasteiger partial charge in [0.15, 0.2) is 5.78 Å². The second-order valence-corrected chi connectivity index (χ2v) is 7.51. The summed E-state index contributed by atoms with van der Waals surface area (Å²) in [6.07, 6.45) is -0.611. The van der Waals surface area contributed by atoms with Crippen molar-refractivity contribution >= 4 is 34.8 Å². The van der Waals surface area contributed by atoms with E-state index in [1.807, 2.05) is 18.2 Å². The molecule has 0 fully saturated rings. The van der Waals surface area contributed by atoms with Crippen LogP contribution in [0, 0.1) is 6.92 Å². The Morgan fingerprint density at radius 3 is 2.36 bits per heavy atom. The number of H-pyrrole nitrogens is 1. The lowest BCUT2D eigenvalue weighted by molar-refractivity contribution is 0.0522. The molecule has 0 spiro atoms. The third kappa shape index (κ3) is 6.17. The molecule has 0 bridgehead atoms. The van der Waals surface area contributed by atoms with E-state index in [9.17, 15) is 19.5 Å². The fraction of sp³-hybridized carbons (Fsp3) is 0.154. The van der Waals surface area contributed by atoms with Crippen molar-refractivity contribution < 1.29 is 34.1 Å². The van der Waals surface area contributed by atoms with Crippen molar-refractivity contribution in [2.75, 3.05) is 19.0 Å². The molecule has 0 saturated carbocycles. The number of phenolic OH excluding ortho intramolecular Hbond substituents is 2. The van der Waals surface area contributed by atoms with Crippen molar-refractivity contribution in [3.05, 3.63) is 82.9 Å². The number of anilines is 1. The molecule has 10 heteroatoms. The first kappa shape index (κ1) is 25.8. The summed E-state index contributed by atoms with van der Waals surface area (Å²) in [5, 5.41) is 21.0. The Labute approximate surface area is 206 Å². The Morgan fingerprint density at radius 2 is 1.72 bits per heavy atom. The number of fused-ring (bicyclic) bond motifs is 1. The average Bonchev–Trinajstić information content (AvgIpc) is 3.25. The lowest BCUT2D eigenvalue weighted by Gasteiger charge is -2.07. The fourth-order valence-electron chi connectivity index (χ4n) is 3.33. The SMILES string of the molecule is CCOC(=O)c1c(C)cc(O)cc1O.COC(=O)Nc1nc2ccc(C(=O)c3ccccc3)cc2[nH]1. The maximum absolute atomic E-state index is 12.4. The van der Waals surface area contributed by atoms with Gasteiger partial charge in [0.2, 0.25) is 5.95 Å². The van der Waals surface area contributed by atoms with Crippen LogP contribution in [-0.2, 0) is 9.47 Å². The molecule has 10 nitrogen and oxygen atoms in total. The highest BCUT2D eigenvalue weighted by Gasteiger charge is 2.16. The number of phenols is 2. The Hall–Kier alpha value is -4.86. The molecule has 186 valence electrons. The zero-order chi connectivity index (χ0) is 26.2. The summed E-state index contributed by atoms with van der Waals surface area (Å²) in [5.74, 6) is -0.720. The van der Waals surface area contributed by atoms with Gasteiger partial charge >= 0.3 is 12.1 Å². The molecule has 0 atom stereocenters. The average molecular weight is 492 g/mol. The summed E-state index contributed by atoms with van der Waals surface area (Å²) in [7, 11) is 1.27. The number of benzene rings is 3. The van der Waals surface area contributed by atoms with Crippen LogP contribution in [0.4, 0.5) is 10.7 Å². The van der Waals surface area contributed by atoms with Crippen LogP contribution in [0.15, 0.2) is 60.7 Å². The van der Waals surface area contributed by atoms with Gasteiger partial charge in [0, 0.05) is 17.2 Å². The number of hydrogen-bond donors (Lipinski definition) is 4. The number of imidazole rings is 1. The van der Waals surface area contributed by atoms with Crippen LogP contribution in [0.1, 0.15) is 38.8 Å². The van der Waals surface area contributed by atoms with E-state index in [2.05, 4.69) is 20.0 Å². The van der Waals surface area contributed by atoms with Gasteiger partial charge in [0.25, 0.3) is 0 Å². The lowest BCUT2D eigenvalue weighted by Crippen LogP contribution is -2.11. The lowest BCUT2D eigenvalue weighted by atomic mass is 10.0. The van der Waals surface area contributed by atoms with Crippen molar-refractivity contribution in [1.82, 2.24) is 9.97 Å². The second kappa shape index (κ2) is 11.5. The molecular formula is C26H25N3O7. The molecule has 1 heterocycles. The monoisotopic (exact) mass is 491 g/mol. The summed E-state index contributed by atoms with van der Waals surface area (Å²) in [6, 6.07) is 16.7. The Kier molecular flexibility index (Phi) is 8.24. The zero-order valence-electron chi connectivity index (χ0n) is 19.9. The first-order chi connectivity index (χ1) is 17.2. The van der Waals surface area contributed by atoms with E-state index in [0.29, 0.717) is 27.7 Å². The summed E-state index contributed by atoms with van der Waals surface area (Å²) in [5.41, 5.74) is 3.07. The number of ether oxygens (including phenoxy) is 2. The van der Waals surface area contributed by atoms with Crippen molar-refractivity contribution in [2.45, 2.75) is 13.8 Å². The molecule has 1 aromatic heterocycles. The van der Waals surface area contributed by atoms with Gasteiger partial charge in [-0.05, 0) is 43.7 Å². The van der Waals surface area contributed by atoms with Gasteiger partial charge in [-0.2, -0.15) is 0 Å².